The third-order valence-corrected chi connectivity index (χ3v) is 6.04. The van der Waals surface area contributed by atoms with Crippen molar-refractivity contribution in [2.75, 3.05) is 31.3 Å². The number of methoxy groups -OCH3 is 1. The third kappa shape index (κ3) is 5.74. The van der Waals surface area contributed by atoms with Crippen LogP contribution in [0.2, 0.25) is 0 Å². The molecule has 4 rings (SSSR count). The van der Waals surface area contributed by atoms with Crippen molar-refractivity contribution in [1.82, 2.24) is 20.5 Å². The van der Waals surface area contributed by atoms with Crippen LogP contribution >= 0.6 is 11.8 Å². The summed E-state index contributed by atoms with van der Waals surface area (Å²) >= 11 is 1.33. The first-order valence-electron chi connectivity index (χ1n) is 10.5. The summed E-state index contributed by atoms with van der Waals surface area (Å²) in [7, 11) is 1.59. The van der Waals surface area contributed by atoms with E-state index < -0.39 is 0 Å². The number of aromatic amines is 1. The number of hydrogen-bond donors (Lipinski definition) is 3. The number of rotatable bonds is 10. The monoisotopic (exact) mass is 451 g/mol. The zero-order valence-corrected chi connectivity index (χ0v) is 18.6. The molecule has 0 radical (unpaired) electrons. The Hall–Kier alpha value is -3.17. The van der Waals surface area contributed by atoms with E-state index in [2.05, 4.69) is 25.8 Å². The molecule has 1 aromatic heterocycles. The van der Waals surface area contributed by atoms with E-state index in [-0.39, 0.29) is 17.6 Å². The summed E-state index contributed by atoms with van der Waals surface area (Å²) in [4.78, 5) is 30.3. The normalized spacial score (nSPS) is 13.0. The van der Waals surface area contributed by atoms with Crippen LogP contribution in [0.5, 0.6) is 0 Å². The van der Waals surface area contributed by atoms with E-state index in [9.17, 15) is 9.59 Å². The summed E-state index contributed by atoms with van der Waals surface area (Å²) in [5.74, 6) is 1.92. The van der Waals surface area contributed by atoms with Gasteiger partial charge in [0.1, 0.15) is 5.82 Å². The highest BCUT2D eigenvalue weighted by molar-refractivity contribution is 8.00. The lowest BCUT2D eigenvalue weighted by molar-refractivity contribution is -0.118. The fraction of sp³-hybridized carbons (Fsp3) is 0.304. The van der Waals surface area contributed by atoms with Crippen molar-refractivity contribution in [2.45, 2.75) is 23.7 Å². The van der Waals surface area contributed by atoms with Gasteiger partial charge in [0, 0.05) is 35.7 Å². The smallest absolute Gasteiger partial charge is 0.256 e. The number of nitrogens with one attached hydrogen (secondary N) is 3. The van der Waals surface area contributed by atoms with Crippen LogP contribution in [-0.2, 0) is 9.53 Å². The molecule has 1 saturated carbocycles. The van der Waals surface area contributed by atoms with E-state index in [1.807, 2.05) is 36.4 Å². The van der Waals surface area contributed by atoms with Crippen LogP contribution in [0.1, 0.15) is 34.9 Å². The Morgan fingerprint density at radius 3 is 2.84 bits per heavy atom. The van der Waals surface area contributed by atoms with Gasteiger partial charge < -0.3 is 15.4 Å². The minimum Gasteiger partial charge on any atom is -0.383 e. The van der Waals surface area contributed by atoms with Gasteiger partial charge in [-0.25, -0.2) is 4.98 Å². The Labute approximate surface area is 190 Å². The fourth-order valence-corrected chi connectivity index (χ4v) is 4.02. The number of benzene rings is 2. The van der Waals surface area contributed by atoms with Gasteiger partial charge in [0.25, 0.3) is 5.91 Å². The second-order valence-electron chi connectivity index (χ2n) is 7.48. The number of H-pyrrole nitrogens is 1. The molecule has 2 amide bonds. The standard InChI is InChI=1S/C23H25N5O3S/c1-31-12-11-24-20(29)14-32-19-8-3-2-7-18(19)23(30)25-17-6-4-5-16(13-17)22-26-21(27-28-22)15-9-10-15/h2-8,13,15H,9-12,14H2,1H3,(H,24,29)(H,25,30)(H,26,27,28). The summed E-state index contributed by atoms with van der Waals surface area (Å²) in [6.07, 6.45) is 2.30. The predicted octanol–water partition coefficient (Wildman–Crippen LogP) is 3.46. The first kappa shape index (κ1) is 22.0. The maximum atomic E-state index is 13.0. The van der Waals surface area contributed by atoms with Gasteiger partial charge in [-0.1, -0.05) is 24.3 Å². The zero-order valence-electron chi connectivity index (χ0n) is 17.8. The molecule has 1 aliphatic carbocycles. The van der Waals surface area contributed by atoms with Gasteiger partial charge in [0.15, 0.2) is 5.82 Å². The number of carbonyl (C=O) groups is 2. The minimum atomic E-state index is -0.237. The van der Waals surface area contributed by atoms with Gasteiger partial charge in [-0.05, 0) is 37.1 Å². The SMILES string of the molecule is COCCNC(=O)CSc1ccccc1C(=O)Nc1cccc(-c2n[nH]c(C3CC3)n2)c1. The molecular weight excluding hydrogens is 426 g/mol. The van der Waals surface area contributed by atoms with Crippen LogP contribution in [-0.4, -0.2) is 53.0 Å². The Kier molecular flexibility index (Phi) is 7.18. The first-order valence-corrected chi connectivity index (χ1v) is 11.4. The van der Waals surface area contributed by atoms with Crippen molar-refractivity contribution in [3.63, 3.8) is 0 Å². The molecule has 8 nitrogen and oxygen atoms in total. The second kappa shape index (κ2) is 10.4. The molecule has 1 fully saturated rings. The highest BCUT2D eigenvalue weighted by atomic mass is 32.2. The van der Waals surface area contributed by atoms with Crippen molar-refractivity contribution in [1.29, 1.82) is 0 Å². The van der Waals surface area contributed by atoms with Crippen LogP contribution < -0.4 is 10.6 Å². The Morgan fingerprint density at radius 1 is 1.19 bits per heavy atom. The van der Waals surface area contributed by atoms with Gasteiger partial charge in [0.2, 0.25) is 5.91 Å². The van der Waals surface area contributed by atoms with E-state index in [1.165, 1.54) is 11.8 Å². The summed E-state index contributed by atoms with van der Waals surface area (Å²) in [5, 5.41) is 13.0. The average Bonchev–Trinajstić information content (AvgIpc) is 3.54. The van der Waals surface area contributed by atoms with E-state index in [1.54, 1.807) is 19.2 Å². The highest BCUT2D eigenvalue weighted by Gasteiger charge is 2.27. The average molecular weight is 452 g/mol. The molecule has 0 spiro atoms. The minimum absolute atomic E-state index is 0.105. The van der Waals surface area contributed by atoms with Crippen LogP contribution in [0.3, 0.4) is 0 Å². The third-order valence-electron chi connectivity index (χ3n) is 4.96. The molecule has 9 heteroatoms. The lowest BCUT2D eigenvalue weighted by Crippen LogP contribution is -2.28. The summed E-state index contributed by atoms with van der Waals surface area (Å²) in [5.41, 5.74) is 2.00. The number of aromatic nitrogens is 3. The van der Waals surface area contributed by atoms with Crippen LogP contribution in [0, 0.1) is 0 Å². The number of nitrogens with zero attached hydrogens (tertiary/aromatic N) is 2. The predicted molar refractivity (Wildman–Crippen MR) is 124 cm³/mol. The Bertz CT molecular complexity index is 1100. The molecular formula is C23H25N5O3S. The number of anilines is 1. The largest absolute Gasteiger partial charge is 0.383 e. The maximum Gasteiger partial charge on any atom is 0.256 e. The van der Waals surface area contributed by atoms with Crippen molar-refractivity contribution >= 4 is 29.3 Å². The molecule has 1 aliphatic rings. The molecule has 2 aromatic carbocycles. The number of carbonyl (C=O) groups excluding carboxylic acids is 2. The molecule has 3 N–H and O–H groups in total. The van der Waals surface area contributed by atoms with E-state index in [0.717, 1.165) is 29.1 Å². The second-order valence-corrected chi connectivity index (χ2v) is 8.50. The van der Waals surface area contributed by atoms with Gasteiger partial charge >= 0.3 is 0 Å². The fourth-order valence-electron chi connectivity index (χ4n) is 3.14. The highest BCUT2D eigenvalue weighted by Crippen LogP contribution is 2.38. The van der Waals surface area contributed by atoms with E-state index in [4.69, 9.17) is 4.74 Å². The number of amides is 2. The number of ether oxygens (including phenoxy) is 1. The molecule has 0 bridgehead atoms. The maximum absolute atomic E-state index is 13.0. The molecule has 32 heavy (non-hydrogen) atoms. The molecule has 3 aromatic rings. The van der Waals surface area contributed by atoms with Gasteiger partial charge in [0.05, 0.1) is 17.9 Å². The Balaban J connectivity index is 1.41. The van der Waals surface area contributed by atoms with Crippen molar-refractivity contribution in [2.24, 2.45) is 0 Å². The van der Waals surface area contributed by atoms with Gasteiger partial charge in [-0.15, -0.1) is 11.8 Å². The van der Waals surface area contributed by atoms with Gasteiger partial charge in [-0.2, -0.15) is 5.10 Å². The van der Waals surface area contributed by atoms with Crippen molar-refractivity contribution in [3.8, 4) is 11.4 Å². The van der Waals surface area contributed by atoms with E-state index >= 15 is 0 Å². The van der Waals surface area contributed by atoms with Crippen LogP contribution in [0.15, 0.2) is 53.4 Å². The summed E-state index contributed by atoms with van der Waals surface area (Å²) < 4.78 is 4.93. The molecule has 0 atom stereocenters. The molecule has 0 saturated heterocycles. The van der Waals surface area contributed by atoms with Crippen LogP contribution in [0.4, 0.5) is 5.69 Å². The van der Waals surface area contributed by atoms with Crippen molar-refractivity contribution < 1.29 is 14.3 Å². The quantitative estimate of drug-likeness (QED) is 0.322. The van der Waals surface area contributed by atoms with Crippen LogP contribution in [0.25, 0.3) is 11.4 Å². The number of hydrogen-bond acceptors (Lipinski definition) is 6. The lowest BCUT2D eigenvalue weighted by Gasteiger charge is -2.11. The summed E-state index contributed by atoms with van der Waals surface area (Å²) in [6.45, 7) is 0.922. The summed E-state index contributed by atoms with van der Waals surface area (Å²) in [6, 6.07) is 14.7. The molecule has 0 unspecified atom stereocenters. The molecule has 1 heterocycles. The van der Waals surface area contributed by atoms with Gasteiger partial charge in [-0.3, -0.25) is 14.7 Å². The molecule has 0 aliphatic heterocycles. The lowest BCUT2D eigenvalue weighted by atomic mass is 10.1. The van der Waals surface area contributed by atoms with E-state index in [0.29, 0.717) is 36.1 Å². The molecule has 166 valence electrons. The zero-order chi connectivity index (χ0) is 22.3. The number of thioether (sulfide) groups is 1. The van der Waals surface area contributed by atoms with Crippen molar-refractivity contribution in [3.05, 3.63) is 59.9 Å². The first-order chi connectivity index (χ1) is 15.6. The Morgan fingerprint density at radius 2 is 2.03 bits per heavy atom. The topological polar surface area (TPSA) is 109 Å².